The van der Waals surface area contributed by atoms with Crippen molar-refractivity contribution in [2.45, 2.75) is 25.3 Å². The van der Waals surface area contributed by atoms with Gasteiger partial charge in [0.15, 0.2) is 5.78 Å². The van der Waals surface area contributed by atoms with Crippen molar-refractivity contribution in [3.05, 3.63) is 73.8 Å². The van der Waals surface area contributed by atoms with Crippen LogP contribution in [0.1, 0.15) is 33.8 Å². The van der Waals surface area contributed by atoms with E-state index in [0.29, 0.717) is 17.5 Å². The van der Waals surface area contributed by atoms with Gasteiger partial charge in [0.05, 0.1) is 18.5 Å². The number of aromatic amines is 1. The second-order valence-corrected chi connectivity index (χ2v) is 6.83. The van der Waals surface area contributed by atoms with E-state index in [9.17, 15) is 18.8 Å². The summed E-state index contributed by atoms with van der Waals surface area (Å²) in [6, 6.07) is 6.02. The van der Waals surface area contributed by atoms with Crippen molar-refractivity contribution in [2.24, 2.45) is 0 Å². The third-order valence-electron chi connectivity index (χ3n) is 5.16. The van der Waals surface area contributed by atoms with Gasteiger partial charge in [-0.25, -0.2) is 14.2 Å². The summed E-state index contributed by atoms with van der Waals surface area (Å²) in [5, 5.41) is 0.244. The van der Waals surface area contributed by atoms with Crippen LogP contribution in [0.2, 0.25) is 0 Å². The van der Waals surface area contributed by atoms with Gasteiger partial charge >= 0.3 is 5.69 Å². The molecule has 28 heavy (non-hydrogen) atoms. The monoisotopic (exact) mass is 383 g/mol. The van der Waals surface area contributed by atoms with Gasteiger partial charge in [-0.3, -0.25) is 19.1 Å². The minimum absolute atomic E-state index is 0.126. The summed E-state index contributed by atoms with van der Waals surface area (Å²) in [5.74, 6) is -0.650. The summed E-state index contributed by atoms with van der Waals surface area (Å²) in [5.41, 5.74) is 0.896. The number of carbonyl (C=O) groups is 1. The molecular formula is C20H18FN3O4. The van der Waals surface area contributed by atoms with Gasteiger partial charge in [0, 0.05) is 25.3 Å². The molecule has 0 unspecified atom stereocenters. The van der Waals surface area contributed by atoms with Crippen LogP contribution in [0.4, 0.5) is 4.39 Å². The van der Waals surface area contributed by atoms with E-state index in [1.54, 1.807) is 12.1 Å². The molecule has 3 aromatic rings. The van der Waals surface area contributed by atoms with Crippen molar-refractivity contribution in [2.75, 3.05) is 13.7 Å². The first-order valence-electron chi connectivity index (χ1n) is 8.92. The number of H-pyrrole nitrogens is 1. The van der Waals surface area contributed by atoms with E-state index in [1.165, 1.54) is 30.0 Å². The molecule has 4 rings (SSSR count). The number of nitrogens with one attached hydrogen (secondary N) is 1. The second-order valence-electron chi connectivity index (χ2n) is 6.83. The number of carbonyl (C=O) groups excluding carboxylic acids is 1. The highest BCUT2D eigenvalue weighted by molar-refractivity contribution is 6.02. The van der Waals surface area contributed by atoms with E-state index in [4.69, 9.17) is 4.74 Å². The summed E-state index contributed by atoms with van der Waals surface area (Å²) in [4.78, 5) is 44.1. The Hall–Kier alpha value is -3.13. The van der Waals surface area contributed by atoms with Crippen LogP contribution in [0.15, 0.2) is 40.1 Å². The van der Waals surface area contributed by atoms with Crippen molar-refractivity contribution >= 4 is 16.8 Å². The molecule has 0 radical (unpaired) electrons. The SMILES string of the molecule is COCCn1c(=O)[nH]c(=O)c2c3c(cnc21)C(=O)C[C@H](c1ccc(F)cc1)C3. The Morgan fingerprint density at radius 1 is 1.21 bits per heavy atom. The van der Waals surface area contributed by atoms with Gasteiger partial charge in [0.1, 0.15) is 11.5 Å². The fourth-order valence-electron chi connectivity index (χ4n) is 3.77. The standard InChI is InChI=1S/C20H18FN3O4/c1-28-7-6-24-18-17(19(26)23-20(24)27)14-8-12(9-16(25)15(14)10-22-18)11-2-4-13(21)5-3-11/h2-5,10,12H,6-9H2,1H3,(H,23,26,27)/t12-/m1/s1. The number of hydrogen-bond acceptors (Lipinski definition) is 5. The Bertz CT molecular complexity index is 1180. The van der Waals surface area contributed by atoms with Gasteiger partial charge in [-0.2, -0.15) is 0 Å². The number of Topliss-reactive ketones (excluding diaryl/α,β-unsaturated/α-hetero) is 1. The summed E-state index contributed by atoms with van der Waals surface area (Å²) in [6.45, 7) is 0.501. The lowest BCUT2D eigenvalue weighted by Crippen LogP contribution is -2.33. The molecule has 0 fully saturated rings. The predicted octanol–water partition coefficient (Wildman–Crippen LogP) is 1.78. The van der Waals surface area contributed by atoms with Gasteiger partial charge in [-0.15, -0.1) is 0 Å². The molecule has 0 saturated heterocycles. The zero-order valence-corrected chi connectivity index (χ0v) is 15.2. The maximum atomic E-state index is 13.3. The number of nitrogens with zero attached hydrogens (tertiary/aromatic N) is 2. The largest absolute Gasteiger partial charge is 0.383 e. The number of rotatable bonds is 4. The molecule has 0 bridgehead atoms. The molecule has 2 heterocycles. The van der Waals surface area contributed by atoms with Crippen molar-refractivity contribution in [1.82, 2.24) is 14.5 Å². The van der Waals surface area contributed by atoms with E-state index in [-0.39, 0.29) is 48.1 Å². The Morgan fingerprint density at radius 2 is 1.96 bits per heavy atom. The zero-order chi connectivity index (χ0) is 19.8. The number of aromatic nitrogens is 3. The molecule has 1 aliphatic rings. The molecule has 2 aromatic heterocycles. The highest BCUT2D eigenvalue weighted by Gasteiger charge is 2.30. The minimum Gasteiger partial charge on any atom is -0.383 e. The highest BCUT2D eigenvalue weighted by atomic mass is 19.1. The lowest BCUT2D eigenvalue weighted by molar-refractivity contribution is 0.0964. The number of benzene rings is 1. The average molecular weight is 383 g/mol. The van der Waals surface area contributed by atoms with E-state index in [1.807, 2.05) is 0 Å². The molecule has 0 aliphatic heterocycles. The van der Waals surface area contributed by atoms with Gasteiger partial charge in [-0.05, 0) is 35.6 Å². The van der Waals surface area contributed by atoms with Crippen LogP contribution in [0, 0.1) is 5.82 Å². The van der Waals surface area contributed by atoms with Crippen LogP contribution in [0.3, 0.4) is 0 Å². The second kappa shape index (κ2) is 7.12. The maximum absolute atomic E-state index is 13.3. The van der Waals surface area contributed by atoms with Crippen molar-refractivity contribution in [3.63, 3.8) is 0 Å². The number of pyridine rings is 1. The fraction of sp³-hybridized carbons (Fsp3) is 0.300. The van der Waals surface area contributed by atoms with Gasteiger partial charge in [0.25, 0.3) is 5.56 Å². The quantitative estimate of drug-likeness (QED) is 0.741. The lowest BCUT2D eigenvalue weighted by atomic mass is 9.79. The number of ether oxygens (including phenoxy) is 1. The van der Waals surface area contributed by atoms with Crippen LogP contribution in [0.5, 0.6) is 0 Å². The third kappa shape index (κ3) is 3.05. The molecule has 1 atom stereocenters. The van der Waals surface area contributed by atoms with Crippen LogP contribution in [-0.4, -0.2) is 34.0 Å². The summed E-state index contributed by atoms with van der Waals surface area (Å²) in [6.07, 6.45) is 2.12. The van der Waals surface area contributed by atoms with E-state index < -0.39 is 11.2 Å². The van der Waals surface area contributed by atoms with E-state index in [2.05, 4.69) is 9.97 Å². The summed E-state index contributed by atoms with van der Waals surface area (Å²) >= 11 is 0. The van der Waals surface area contributed by atoms with Crippen LogP contribution in [-0.2, 0) is 17.7 Å². The number of halogens is 1. The Labute approximate surface area is 158 Å². The minimum atomic E-state index is -0.570. The molecular weight excluding hydrogens is 365 g/mol. The predicted molar refractivity (Wildman–Crippen MR) is 100 cm³/mol. The number of methoxy groups -OCH3 is 1. The first kappa shape index (κ1) is 18.2. The highest BCUT2D eigenvalue weighted by Crippen LogP contribution is 2.34. The van der Waals surface area contributed by atoms with E-state index >= 15 is 0 Å². The van der Waals surface area contributed by atoms with Gasteiger partial charge in [-0.1, -0.05) is 12.1 Å². The first-order valence-corrected chi connectivity index (χ1v) is 8.92. The summed E-state index contributed by atoms with van der Waals surface area (Å²) < 4.78 is 19.6. The molecule has 0 amide bonds. The number of ketones is 1. The third-order valence-corrected chi connectivity index (χ3v) is 5.16. The fourth-order valence-corrected chi connectivity index (χ4v) is 3.77. The molecule has 1 aromatic carbocycles. The Balaban J connectivity index is 1.89. The molecule has 1 aliphatic carbocycles. The first-order chi connectivity index (χ1) is 13.5. The van der Waals surface area contributed by atoms with Crippen molar-refractivity contribution < 1.29 is 13.9 Å². The molecule has 144 valence electrons. The van der Waals surface area contributed by atoms with Gasteiger partial charge in [0.2, 0.25) is 0 Å². The Kier molecular flexibility index (Phi) is 4.64. The van der Waals surface area contributed by atoms with Crippen LogP contribution < -0.4 is 11.2 Å². The number of hydrogen-bond donors (Lipinski definition) is 1. The average Bonchev–Trinajstić information content (AvgIpc) is 2.67. The lowest BCUT2D eigenvalue weighted by Gasteiger charge is -2.25. The maximum Gasteiger partial charge on any atom is 0.330 e. The zero-order valence-electron chi connectivity index (χ0n) is 15.2. The Morgan fingerprint density at radius 3 is 2.68 bits per heavy atom. The molecule has 0 saturated carbocycles. The molecule has 1 N–H and O–H groups in total. The molecule has 8 heteroatoms. The van der Waals surface area contributed by atoms with Crippen LogP contribution >= 0.6 is 0 Å². The summed E-state index contributed by atoms with van der Waals surface area (Å²) in [7, 11) is 1.51. The molecule has 7 nitrogen and oxygen atoms in total. The van der Waals surface area contributed by atoms with Gasteiger partial charge < -0.3 is 4.74 Å². The smallest absolute Gasteiger partial charge is 0.330 e. The normalized spacial score (nSPS) is 16.4. The molecule has 0 spiro atoms. The van der Waals surface area contributed by atoms with Crippen LogP contribution in [0.25, 0.3) is 11.0 Å². The van der Waals surface area contributed by atoms with Crippen molar-refractivity contribution in [1.29, 1.82) is 0 Å². The van der Waals surface area contributed by atoms with Crippen molar-refractivity contribution in [3.8, 4) is 0 Å². The topological polar surface area (TPSA) is 94.1 Å². The number of fused-ring (bicyclic) bond motifs is 3. The van der Waals surface area contributed by atoms with E-state index in [0.717, 1.165) is 5.56 Å².